The molecule has 0 unspecified atom stereocenters. The van der Waals surface area contributed by atoms with Crippen LogP contribution >= 0.6 is 0 Å². The van der Waals surface area contributed by atoms with Gasteiger partial charge >= 0.3 is 0 Å². The quantitative estimate of drug-likeness (QED) is 0.0180. The Morgan fingerprint density at radius 1 is 0.442 bits per heavy atom. The van der Waals surface area contributed by atoms with Gasteiger partial charge in [0.2, 0.25) is 0 Å². The van der Waals surface area contributed by atoms with E-state index in [1.807, 2.05) is 73.7 Å². The predicted octanol–water partition coefficient (Wildman–Crippen LogP) is 19.0. The second-order valence-corrected chi connectivity index (χ2v) is 29.7. The summed E-state index contributed by atoms with van der Waals surface area (Å²) in [5.74, 6) is 3.33. The normalized spacial score (nSPS) is 14.8. The van der Waals surface area contributed by atoms with E-state index in [1.54, 1.807) is 24.3 Å². The van der Waals surface area contributed by atoms with Gasteiger partial charge < -0.3 is 36.2 Å². The minimum Gasteiger partial charge on any atom is -0.400 e. The molecule has 9 aromatic carbocycles. The Labute approximate surface area is 668 Å². The van der Waals surface area contributed by atoms with Crippen molar-refractivity contribution in [1.29, 1.82) is 0 Å². The van der Waals surface area contributed by atoms with Gasteiger partial charge in [-0.15, -0.1) is 0 Å². The number of nitrogens with one attached hydrogen (secondary N) is 2. The number of nitrogens with zero attached hydrogens (tertiary/aromatic N) is 6. The monoisotopic (exact) mass is 1530 g/mol. The summed E-state index contributed by atoms with van der Waals surface area (Å²) < 4.78 is 0. The van der Waals surface area contributed by atoms with Gasteiger partial charge in [-0.2, -0.15) is 0 Å². The summed E-state index contributed by atoms with van der Waals surface area (Å²) in [6, 6.07) is 80.0. The van der Waals surface area contributed by atoms with Crippen LogP contribution in [0.2, 0.25) is 0 Å². The number of para-hydroxylation sites is 1. The van der Waals surface area contributed by atoms with E-state index in [0.717, 1.165) is 142 Å². The minimum absolute atomic E-state index is 0. The van der Waals surface area contributed by atoms with E-state index in [9.17, 15) is 39.4 Å². The van der Waals surface area contributed by atoms with Gasteiger partial charge in [0.15, 0.2) is 23.1 Å². The molecule has 4 aliphatic heterocycles. The molecule has 0 spiro atoms. The zero-order valence-electron chi connectivity index (χ0n) is 65.3. The van der Waals surface area contributed by atoms with Gasteiger partial charge in [0.25, 0.3) is 11.4 Å². The number of nitro groups is 2. The molecule has 0 aliphatic carbocycles. The number of carbonyl (C=O) groups excluding carboxylic acids is 4. The number of Topliss-reactive ketones (excluding diaryl/α,β-unsaturated/α-hetero) is 4. The third-order valence-corrected chi connectivity index (χ3v) is 21.4. The number of nitro benzene ring substituents is 2. The zero-order chi connectivity index (χ0) is 79.2. The highest BCUT2D eigenvalue weighted by Crippen LogP contribution is 2.30. The average molecular weight is 1530 g/mol. The van der Waals surface area contributed by atoms with E-state index in [4.69, 9.17) is 10.8 Å². The Morgan fingerprint density at radius 3 is 1.19 bits per heavy atom. The fraction of sp³-hybridized carbons (Fsp3) is 0.358. The van der Waals surface area contributed by atoms with E-state index in [-0.39, 0.29) is 41.9 Å². The van der Waals surface area contributed by atoms with Crippen LogP contribution in [0.3, 0.4) is 0 Å². The lowest BCUT2D eigenvalue weighted by Crippen LogP contribution is -2.35. The van der Waals surface area contributed by atoms with Crippen LogP contribution in [0.15, 0.2) is 249 Å². The highest BCUT2D eigenvalue weighted by atomic mass is 16.6. The number of anilines is 3. The summed E-state index contributed by atoms with van der Waals surface area (Å²) >= 11 is 0. The number of aliphatic hydroxyl groups is 1. The number of piperidine rings is 4. The van der Waals surface area contributed by atoms with Crippen LogP contribution < -0.4 is 16.4 Å². The molecule has 113 heavy (non-hydrogen) atoms. The minimum atomic E-state index is -0.521. The molecule has 0 atom stereocenters. The van der Waals surface area contributed by atoms with Gasteiger partial charge in [-0.05, 0) is 226 Å². The molecule has 0 bridgehead atoms. The van der Waals surface area contributed by atoms with Gasteiger partial charge in [0.05, 0.1) is 15.4 Å². The standard InChI is InChI=1S/C31H33N3O.C21H24N2O3.C21H26N2O.C12H17N.C8H7NO3.CH4O.CH4/c1-23-20-30(28-12-5-6-13-29(28)32-23)33-27-11-7-10-26(22-27)31(35)16-19-34-17-14-25(15-18-34)21-24-8-3-2-4-9-24;24-21(19-7-4-8-20(16-19)23(25)26)11-14-22-12-9-18(10-13-22)15-17-5-2-1-3-6-17;22-20-8-4-7-19(16-20)21(24)11-14-23-12-9-18(10-13-23)15-17-5-2-1-3-6-17;1-2-4-11(5-3-1)10-12-6-8-13-9-7-12;1-6(10)7-3-2-4-8(5-7)9(11)12;1-2;/h2-13,20,22,25H,14-19,21H2,1H3,(H,32,33);1-8,16,18H,9-15H2;1-8,16,18H,9-15,22H2;1-5,12-13H,6-10H2;2-5H,1H3;2H,1H3;1H4. The third-order valence-electron chi connectivity index (χ3n) is 21.4. The molecule has 4 fully saturated rings. The number of carbonyl (C=O) groups is 4. The number of hydrogen-bond acceptors (Lipinski definition) is 16. The number of aromatic nitrogens is 1. The van der Waals surface area contributed by atoms with Crippen LogP contribution in [0.4, 0.5) is 28.4 Å². The van der Waals surface area contributed by atoms with Crippen LogP contribution in [0.5, 0.6) is 0 Å². The van der Waals surface area contributed by atoms with Gasteiger partial charge in [-0.1, -0.05) is 195 Å². The van der Waals surface area contributed by atoms with E-state index in [2.05, 4.69) is 158 Å². The maximum atomic E-state index is 13.0. The van der Waals surface area contributed by atoms with E-state index < -0.39 is 9.85 Å². The first-order valence-electron chi connectivity index (χ1n) is 39.7. The van der Waals surface area contributed by atoms with Crippen LogP contribution in [-0.2, 0) is 25.7 Å². The van der Waals surface area contributed by atoms with Gasteiger partial charge in [-0.25, -0.2) is 0 Å². The predicted molar refractivity (Wildman–Crippen MR) is 459 cm³/mol. The van der Waals surface area contributed by atoms with Crippen molar-refractivity contribution in [3.05, 3.63) is 319 Å². The Balaban J connectivity index is 0.000000184. The molecule has 1 aromatic heterocycles. The lowest BCUT2D eigenvalue weighted by atomic mass is 9.90. The number of pyridine rings is 1. The van der Waals surface area contributed by atoms with E-state index >= 15 is 0 Å². The molecule has 18 heteroatoms. The van der Waals surface area contributed by atoms with Crippen molar-refractivity contribution in [3.63, 3.8) is 0 Å². The molecule has 14 rings (SSSR count). The smallest absolute Gasteiger partial charge is 0.270 e. The molecule has 18 nitrogen and oxygen atoms in total. The van der Waals surface area contributed by atoms with Crippen molar-refractivity contribution >= 4 is 62.5 Å². The molecule has 0 amide bonds. The number of likely N-dealkylation sites (tertiary alicyclic amines) is 3. The number of fused-ring (bicyclic) bond motifs is 1. The molecule has 0 saturated carbocycles. The van der Waals surface area contributed by atoms with Crippen LogP contribution in [0.25, 0.3) is 10.9 Å². The molecular formula is C95H115N9O9. The van der Waals surface area contributed by atoms with Crippen LogP contribution in [0, 0.1) is 50.8 Å². The second kappa shape index (κ2) is 47.6. The molecule has 5 heterocycles. The molecule has 0 radical (unpaired) electrons. The van der Waals surface area contributed by atoms with Crippen LogP contribution in [0.1, 0.15) is 154 Å². The van der Waals surface area contributed by atoms with Crippen molar-refractivity contribution in [3.8, 4) is 0 Å². The lowest BCUT2D eigenvalue weighted by molar-refractivity contribution is -0.385. The maximum absolute atomic E-state index is 13.0. The zero-order valence-corrected chi connectivity index (χ0v) is 65.3. The van der Waals surface area contributed by atoms with Crippen LogP contribution in [-0.4, -0.2) is 137 Å². The van der Waals surface area contributed by atoms with E-state index in [0.29, 0.717) is 42.0 Å². The number of nitrogens with two attached hydrogens (primary N) is 1. The van der Waals surface area contributed by atoms with Crippen molar-refractivity contribution in [2.75, 3.05) is 90.2 Å². The largest absolute Gasteiger partial charge is 0.400 e. The highest BCUT2D eigenvalue weighted by Gasteiger charge is 2.24. The Hall–Kier alpha value is -10.7. The fourth-order valence-corrected chi connectivity index (χ4v) is 15.0. The summed E-state index contributed by atoms with van der Waals surface area (Å²) in [7, 11) is 1.00. The summed E-state index contributed by atoms with van der Waals surface area (Å²) in [6.07, 6.45) is 16.1. The molecular weight excluding hydrogens is 1410 g/mol. The van der Waals surface area contributed by atoms with Crippen molar-refractivity contribution in [2.45, 2.75) is 118 Å². The SMILES string of the molecule is C.CC(=O)c1cccc([N+](=O)[O-])c1.CO.Cc1cc(Nc2cccc(C(=O)CCN3CCC(Cc4ccccc4)CC3)c2)c2ccccc2n1.Nc1cccc(C(=O)CCN2CCC(Cc3ccccc3)CC2)c1.O=C(CCN1CCC(Cc2ccccc2)CC1)c1cccc([N+](=O)[O-])c1.c1ccc(CC2CCNCC2)cc1. The summed E-state index contributed by atoms with van der Waals surface area (Å²) in [5, 5.41) is 36.1. The number of non-ortho nitro benzene ring substituents is 2. The number of nitrogen functional groups attached to an aromatic ring is 1. The van der Waals surface area contributed by atoms with Crippen molar-refractivity contribution < 1.29 is 34.1 Å². The number of aliphatic hydroxyl groups excluding tert-OH is 1. The fourth-order valence-electron chi connectivity index (χ4n) is 15.0. The lowest BCUT2D eigenvalue weighted by Gasteiger charge is -2.31. The number of benzene rings is 9. The number of ketones is 4. The topological polar surface area (TPSA) is 247 Å². The average Bonchev–Trinajstić information content (AvgIpc) is 0.806. The van der Waals surface area contributed by atoms with Crippen molar-refractivity contribution in [1.82, 2.24) is 25.0 Å². The summed E-state index contributed by atoms with van der Waals surface area (Å²) in [6.45, 7) is 14.6. The molecule has 4 aliphatic rings. The second-order valence-electron chi connectivity index (χ2n) is 29.7. The number of hydrogen-bond donors (Lipinski definition) is 4. The first-order chi connectivity index (χ1) is 54.5. The van der Waals surface area contributed by atoms with Gasteiger partial charge in [0, 0.05) is 121 Å². The van der Waals surface area contributed by atoms with Crippen molar-refractivity contribution in [2.24, 2.45) is 23.7 Å². The maximum Gasteiger partial charge on any atom is 0.270 e. The number of rotatable bonds is 25. The first kappa shape index (κ1) is 87.8. The summed E-state index contributed by atoms with van der Waals surface area (Å²) in [5.41, 5.74) is 18.2. The van der Waals surface area contributed by atoms with E-state index in [1.165, 1.54) is 130 Å². The Kier molecular flexibility index (Phi) is 37.0. The molecule has 10 aromatic rings. The third kappa shape index (κ3) is 30.4. The number of aryl methyl sites for hydroxylation is 1. The Morgan fingerprint density at radius 2 is 0.788 bits per heavy atom. The van der Waals surface area contributed by atoms with Gasteiger partial charge in [0.1, 0.15) is 0 Å². The Bertz CT molecular complexity index is 4510. The van der Waals surface area contributed by atoms with Gasteiger partial charge in [-0.3, -0.25) is 44.4 Å². The highest BCUT2D eigenvalue weighted by molar-refractivity contribution is 5.99. The molecule has 5 N–H and O–H groups in total. The molecule has 594 valence electrons. The first-order valence-corrected chi connectivity index (χ1v) is 39.7. The molecule has 4 saturated heterocycles. The summed E-state index contributed by atoms with van der Waals surface area (Å²) in [4.78, 5) is 80.3.